The van der Waals surface area contributed by atoms with E-state index in [2.05, 4.69) is 26.2 Å². The van der Waals surface area contributed by atoms with Crippen LogP contribution in [-0.2, 0) is 9.47 Å². The van der Waals surface area contributed by atoms with Gasteiger partial charge in [-0.05, 0) is 44.1 Å². The molecule has 1 aliphatic heterocycles. The van der Waals surface area contributed by atoms with Crippen LogP contribution in [0.4, 0.5) is 0 Å². The van der Waals surface area contributed by atoms with Gasteiger partial charge in [0.2, 0.25) is 0 Å². The third-order valence-electron chi connectivity index (χ3n) is 4.29. The van der Waals surface area contributed by atoms with E-state index in [0.717, 1.165) is 37.4 Å². The number of hydrogen-bond acceptors (Lipinski definition) is 3. The Hall–Kier alpha value is -0.120. The Balaban J connectivity index is 1.87. The highest BCUT2D eigenvalue weighted by Crippen LogP contribution is 2.36. The summed E-state index contributed by atoms with van der Waals surface area (Å²) in [5.74, 6) is 2.52. The first-order chi connectivity index (χ1) is 8.19. The molecule has 0 radical (unpaired) electrons. The Bertz CT molecular complexity index is 218. The van der Waals surface area contributed by atoms with Crippen LogP contribution in [0.5, 0.6) is 0 Å². The fraction of sp³-hybridized carbons (Fsp3) is 1.00. The van der Waals surface area contributed by atoms with Gasteiger partial charge in [-0.3, -0.25) is 0 Å². The van der Waals surface area contributed by atoms with Gasteiger partial charge in [0.15, 0.2) is 6.29 Å². The van der Waals surface area contributed by atoms with E-state index in [4.69, 9.17) is 9.47 Å². The zero-order valence-corrected chi connectivity index (χ0v) is 11.4. The van der Waals surface area contributed by atoms with Gasteiger partial charge in [-0.1, -0.05) is 13.8 Å². The molecule has 0 aromatic heterocycles. The van der Waals surface area contributed by atoms with Gasteiger partial charge in [0.05, 0.1) is 13.2 Å². The molecule has 1 saturated carbocycles. The normalized spacial score (nSPS) is 37.2. The van der Waals surface area contributed by atoms with E-state index in [1.807, 2.05) is 0 Å². The molecule has 1 saturated heterocycles. The van der Waals surface area contributed by atoms with Crippen molar-refractivity contribution < 1.29 is 9.47 Å². The third-order valence-corrected chi connectivity index (χ3v) is 4.29. The highest BCUT2D eigenvalue weighted by atomic mass is 16.7. The van der Waals surface area contributed by atoms with Crippen LogP contribution in [0.3, 0.4) is 0 Å². The SMILES string of the molecule is CNC(CC1OCCO1)C1CC(C)CC(C)C1. The first-order valence-electron chi connectivity index (χ1n) is 7.09. The standard InChI is InChI=1S/C14H27NO2/c1-10-6-11(2)8-12(7-10)13(15-3)9-14-16-4-5-17-14/h10-15H,4-9H2,1-3H3. The monoisotopic (exact) mass is 241 g/mol. The van der Waals surface area contributed by atoms with Crippen LogP contribution >= 0.6 is 0 Å². The van der Waals surface area contributed by atoms with E-state index >= 15 is 0 Å². The van der Waals surface area contributed by atoms with Crippen LogP contribution in [0, 0.1) is 17.8 Å². The Morgan fingerprint density at radius 3 is 2.18 bits per heavy atom. The van der Waals surface area contributed by atoms with E-state index < -0.39 is 0 Å². The van der Waals surface area contributed by atoms with E-state index in [-0.39, 0.29) is 6.29 Å². The zero-order valence-electron chi connectivity index (χ0n) is 11.4. The van der Waals surface area contributed by atoms with Gasteiger partial charge in [0, 0.05) is 12.5 Å². The Kier molecular flexibility index (Phi) is 4.83. The first-order valence-corrected chi connectivity index (χ1v) is 7.09. The second-order valence-electron chi connectivity index (χ2n) is 5.98. The summed E-state index contributed by atoms with van der Waals surface area (Å²) in [6.07, 6.45) is 5.12. The van der Waals surface area contributed by atoms with Crippen LogP contribution in [0.25, 0.3) is 0 Å². The van der Waals surface area contributed by atoms with Crippen LogP contribution in [-0.4, -0.2) is 32.6 Å². The smallest absolute Gasteiger partial charge is 0.159 e. The summed E-state index contributed by atoms with van der Waals surface area (Å²) in [5, 5.41) is 3.48. The lowest BCUT2D eigenvalue weighted by molar-refractivity contribution is -0.0584. The predicted octanol–water partition coefficient (Wildman–Crippen LogP) is 2.41. The third kappa shape index (κ3) is 3.67. The molecule has 0 spiro atoms. The predicted molar refractivity (Wildman–Crippen MR) is 68.8 cm³/mol. The number of nitrogens with one attached hydrogen (secondary N) is 1. The van der Waals surface area contributed by atoms with Crippen molar-refractivity contribution in [1.29, 1.82) is 0 Å². The molecule has 1 aliphatic carbocycles. The van der Waals surface area contributed by atoms with Gasteiger partial charge in [-0.2, -0.15) is 0 Å². The molecular formula is C14H27NO2. The Labute approximate surface area is 105 Å². The molecule has 2 fully saturated rings. The Morgan fingerprint density at radius 2 is 1.65 bits per heavy atom. The first kappa shape index (κ1) is 13.3. The zero-order chi connectivity index (χ0) is 12.3. The number of hydrogen-bond donors (Lipinski definition) is 1. The molecule has 2 aliphatic rings. The number of rotatable bonds is 4. The van der Waals surface area contributed by atoms with E-state index in [1.54, 1.807) is 0 Å². The molecule has 0 bridgehead atoms. The highest BCUT2D eigenvalue weighted by Gasteiger charge is 2.31. The fourth-order valence-corrected chi connectivity index (χ4v) is 3.63. The summed E-state index contributed by atoms with van der Waals surface area (Å²) < 4.78 is 11.1. The number of ether oxygens (including phenoxy) is 2. The fourth-order valence-electron chi connectivity index (χ4n) is 3.63. The molecule has 1 N–H and O–H groups in total. The molecular weight excluding hydrogens is 214 g/mol. The van der Waals surface area contributed by atoms with E-state index in [9.17, 15) is 0 Å². The summed E-state index contributed by atoms with van der Waals surface area (Å²) in [4.78, 5) is 0. The molecule has 0 amide bonds. The van der Waals surface area contributed by atoms with Gasteiger partial charge in [-0.25, -0.2) is 0 Å². The molecule has 3 atom stereocenters. The van der Waals surface area contributed by atoms with Crippen LogP contribution < -0.4 is 5.32 Å². The lowest BCUT2D eigenvalue weighted by atomic mass is 9.73. The van der Waals surface area contributed by atoms with Crippen molar-refractivity contribution in [3.63, 3.8) is 0 Å². The average Bonchev–Trinajstić information content (AvgIpc) is 2.77. The lowest BCUT2D eigenvalue weighted by Crippen LogP contribution is -2.40. The molecule has 3 nitrogen and oxygen atoms in total. The molecule has 0 aromatic carbocycles. The van der Waals surface area contributed by atoms with E-state index in [1.165, 1.54) is 19.3 Å². The quantitative estimate of drug-likeness (QED) is 0.820. The summed E-state index contributed by atoms with van der Waals surface area (Å²) in [6, 6.07) is 0.545. The maximum Gasteiger partial charge on any atom is 0.159 e. The topological polar surface area (TPSA) is 30.5 Å². The molecule has 2 rings (SSSR count). The molecule has 1 heterocycles. The van der Waals surface area contributed by atoms with Gasteiger partial charge in [0.1, 0.15) is 0 Å². The second-order valence-corrected chi connectivity index (χ2v) is 5.98. The molecule has 17 heavy (non-hydrogen) atoms. The highest BCUT2D eigenvalue weighted by molar-refractivity contribution is 4.84. The van der Waals surface area contributed by atoms with E-state index in [0.29, 0.717) is 6.04 Å². The minimum absolute atomic E-state index is 0.0278. The summed E-state index contributed by atoms with van der Waals surface area (Å²) >= 11 is 0. The average molecular weight is 241 g/mol. The summed E-state index contributed by atoms with van der Waals surface area (Å²) in [6.45, 7) is 6.30. The minimum atomic E-state index is 0.0278. The van der Waals surface area contributed by atoms with Crippen LogP contribution in [0.15, 0.2) is 0 Å². The maximum absolute atomic E-state index is 5.57. The van der Waals surface area contributed by atoms with Crippen LogP contribution in [0.2, 0.25) is 0 Å². The van der Waals surface area contributed by atoms with Crippen molar-refractivity contribution in [3.05, 3.63) is 0 Å². The summed E-state index contributed by atoms with van der Waals surface area (Å²) in [5.41, 5.74) is 0. The van der Waals surface area contributed by atoms with Gasteiger partial charge in [0.25, 0.3) is 0 Å². The molecule has 3 unspecified atom stereocenters. The molecule has 0 aromatic rings. The molecule has 100 valence electrons. The lowest BCUT2D eigenvalue weighted by Gasteiger charge is -2.37. The maximum atomic E-state index is 5.57. The van der Waals surface area contributed by atoms with Crippen molar-refractivity contribution in [2.24, 2.45) is 17.8 Å². The van der Waals surface area contributed by atoms with Gasteiger partial charge >= 0.3 is 0 Å². The van der Waals surface area contributed by atoms with Crippen molar-refractivity contribution in [1.82, 2.24) is 5.32 Å². The summed E-state index contributed by atoms with van der Waals surface area (Å²) in [7, 11) is 2.07. The second kappa shape index (κ2) is 6.17. The van der Waals surface area contributed by atoms with Gasteiger partial charge in [-0.15, -0.1) is 0 Å². The van der Waals surface area contributed by atoms with Crippen molar-refractivity contribution >= 4 is 0 Å². The Morgan fingerprint density at radius 1 is 1.06 bits per heavy atom. The minimum Gasteiger partial charge on any atom is -0.350 e. The largest absolute Gasteiger partial charge is 0.350 e. The van der Waals surface area contributed by atoms with Gasteiger partial charge < -0.3 is 14.8 Å². The van der Waals surface area contributed by atoms with Crippen molar-refractivity contribution in [2.75, 3.05) is 20.3 Å². The van der Waals surface area contributed by atoms with Crippen molar-refractivity contribution in [3.8, 4) is 0 Å². The van der Waals surface area contributed by atoms with Crippen molar-refractivity contribution in [2.45, 2.75) is 51.9 Å². The van der Waals surface area contributed by atoms with Crippen LogP contribution in [0.1, 0.15) is 39.5 Å². The molecule has 3 heteroatoms.